The summed E-state index contributed by atoms with van der Waals surface area (Å²) in [6.07, 6.45) is 2.38. The molecule has 1 saturated heterocycles. The fourth-order valence-electron chi connectivity index (χ4n) is 3.14. The number of nitrogens with zero attached hydrogens (tertiary/aromatic N) is 1. The molecule has 1 atom stereocenters. The molecule has 1 aliphatic heterocycles. The number of thiophene rings is 1. The smallest absolute Gasteiger partial charge is 0.115 e. The second-order valence-corrected chi connectivity index (χ2v) is 6.95. The van der Waals surface area contributed by atoms with E-state index < -0.39 is 0 Å². The number of aromatic hydroxyl groups is 1. The van der Waals surface area contributed by atoms with Gasteiger partial charge in [-0.3, -0.25) is 4.90 Å². The molecule has 4 heteroatoms. The summed E-state index contributed by atoms with van der Waals surface area (Å²) in [6.45, 7) is 5.56. The standard InChI is InChI=1S/C18H24N2OS/c1-14(16-3-2-4-18(21)11-16)19-17-5-8-20(9-6-17)12-15-7-10-22-13-15/h2-4,7,10-11,13-14,17,19,21H,5-6,8-9,12H2,1H3. The molecule has 0 aliphatic carbocycles. The van der Waals surface area contributed by atoms with Crippen molar-refractivity contribution in [1.29, 1.82) is 0 Å². The molecule has 2 heterocycles. The summed E-state index contributed by atoms with van der Waals surface area (Å²) < 4.78 is 0. The fourth-order valence-corrected chi connectivity index (χ4v) is 3.80. The Morgan fingerprint density at radius 3 is 2.82 bits per heavy atom. The fraction of sp³-hybridized carbons (Fsp3) is 0.444. The van der Waals surface area contributed by atoms with E-state index in [9.17, 15) is 5.11 Å². The largest absolute Gasteiger partial charge is 0.508 e. The van der Waals surface area contributed by atoms with E-state index in [1.807, 2.05) is 12.1 Å². The van der Waals surface area contributed by atoms with E-state index in [1.165, 1.54) is 18.4 Å². The minimum atomic E-state index is 0.278. The highest BCUT2D eigenvalue weighted by Crippen LogP contribution is 2.21. The van der Waals surface area contributed by atoms with Gasteiger partial charge in [0.2, 0.25) is 0 Å². The molecule has 3 nitrogen and oxygen atoms in total. The highest BCUT2D eigenvalue weighted by Gasteiger charge is 2.21. The molecule has 0 bridgehead atoms. The lowest BCUT2D eigenvalue weighted by Crippen LogP contribution is -2.42. The van der Waals surface area contributed by atoms with Crippen molar-refractivity contribution in [2.24, 2.45) is 0 Å². The molecule has 1 unspecified atom stereocenters. The third-order valence-electron chi connectivity index (χ3n) is 4.43. The van der Waals surface area contributed by atoms with Gasteiger partial charge < -0.3 is 10.4 Å². The Labute approximate surface area is 136 Å². The quantitative estimate of drug-likeness (QED) is 0.881. The van der Waals surface area contributed by atoms with Crippen molar-refractivity contribution in [3.8, 4) is 5.75 Å². The molecule has 1 aromatic carbocycles. The molecule has 2 aromatic rings. The molecule has 118 valence electrons. The van der Waals surface area contributed by atoms with Crippen molar-refractivity contribution in [3.05, 3.63) is 52.2 Å². The van der Waals surface area contributed by atoms with Crippen LogP contribution in [0.1, 0.15) is 36.9 Å². The van der Waals surface area contributed by atoms with Crippen LogP contribution in [-0.2, 0) is 6.54 Å². The number of likely N-dealkylation sites (tertiary alicyclic amines) is 1. The molecule has 1 aromatic heterocycles. The molecule has 0 radical (unpaired) electrons. The molecule has 0 saturated carbocycles. The highest BCUT2D eigenvalue weighted by atomic mass is 32.1. The van der Waals surface area contributed by atoms with Crippen LogP contribution < -0.4 is 5.32 Å². The van der Waals surface area contributed by atoms with Gasteiger partial charge in [-0.2, -0.15) is 11.3 Å². The Morgan fingerprint density at radius 2 is 2.14 bits per heavy atom. The molecule has 1 fully saturated rings. The number of hydrogen-bond donors (Lipinski definition) is 2. The number of piperidine rings is 1. The van der Waals surface area contributed by atoms with Gasteiger partial charge in [-0.05, 0) is 72.9 Å². The van der Waals surface area contributed by atoms with Gasteiger partial charge in [0.05, 0.1) is 0 Å². The zero-order valence-corrected chi connectivity index (χ0v) is 13.9. The minimum absolute atomic E-state index is 0.278. The van der Waals surface area contributed by atoms with Crippen molar-refractivity contribution in [2.45, 2.75) is 38.4 Å². The zero-order chi connectivity index (χ0) is 15.4. The summed E-state index contributed by atoms with van der Waals surface area (Å²) in [7, 11) is 0. The third kappa shape index (κ3) is 4.09. The van der Waals surface area contributed by atoms with Gasteiger partial charge in [-0.15, -0.1) is 0 Å². The van der Waals surface area contributed by atoms with E-state index >= 15 is 0 Å². The van der Waals surface area contributed by atoms with Crippen LogP contribution in [-0.4, -0.2) is 29.1 Å². The van der Waals surface area contributed by atoms with Gasteiger partial charge in [0.15, 0.2) is 0 Å². The molecular weight excluding hydrogens is 292 g/mol. The first-order valence-corrected chi connectivity index (χ1v) is 8.93. The number of phenolic OH excluding ortho intramolecular Hbond substituents is 1. The van der Waals surface area contributed by atoms with Crippen LogP contribution in [0.3, 0.4) is 0 Å². The molecule has 0 spiro atoms. The van der Waals surface area contributed by atoms with Crippen molar-refractivity contribution in [2.75, 3.05) is 13.1 Å². The van der Waals surface area contributed by atoms with E-state index in [4.69, 9.17) is 0 Å². The molecule has 3 rings (SSSR count). The van der Waals surface area contributed by atoms with Crippen molar-refractivity contribution >= 4 is 11.3 Å². The average Bonchev–Trinajstić information content (AvgIpc) is 3.02. The molecule has 2 N–H and O–H groups in total. The summed E-state index contributed by atoms with van der Waals surface area (Å²) >= 11 is 1.78. The summed E-state index contributed by atoms with van der Waals surface area (Å²) in [5.41, 5.74) is 2.59. The summed E-state index contributed by atoms with van der Waals surface area (Å²) in [5, 5.41) is 17.7. The average molecular weight is 316 g/mol. The third-order valence-corrected chi connectivity index (χ3v) is 5.16. The lowest BCUT2D eigenvalue weighted by molar-refractivity contribution is 0.185. The first kappa shape index (κ1) is 15.5. The monoisotopic (exact) mass is 316 g/mol. The SMILES string of the molecule is CC(NC1CCN(Cc2ccsc2)CC1)c1cccc(O)c1. The van der Waals surface area contributed by atoms with E-state index in [0.29, 0.717) is 11.8 Å². The van der Waals surface area contributed by atoms with Crippen molar-refractivity contribution < 1.29 is 5.11 Å². The maximum atomic E-state index is 9.59. The molecule has 1 aliphatic rings. The number of phenols is 1. The lowest BCUT2D eigenvalue weighted by atomic mass is 10.0. The van der Waals surface area contributed by atoms with Crippen LogP contribution in [0.25, 0.3) is 0 Å². The second-order valence-electron chi connectivity index (χ2n) is 6.17. The molecule has 0 amide bonds. The number of rotatable bonds is 5. The van der Waals surface area contributed by atoms with Gasteiger partial charge in [0.25, 0.3) is 0 Å². The summed E-state index contributed by atoms with van der Waals surface area (Å²) in [5.74, 6) is 0.344. The maximum Gasteiger partial charge on any atom is 0.115 e. The lowest BCUT2D eigenvalue weighted by Gasteiger charge is -2.34. The second kappa shape index (κ2) is 7.27. The maximum absolute atomic E-state index is 9.59. The topological polar surface area (TPSA) is 35.5 Å². The van der Waals surface area contributed by atoms with Crippen LogP contribution in [0.4, 0.5) is 0 Å². The summed E-state index contributed by atoms with van der Waals surface area (Å²) in [6, 6.07) is 10.6. The van der Waals surface area contributed by atoms with E-state index in [-0.39, 0.29) is 6.04 Å². The Balaban J connectivity index is 1.47. The van der Waals surface area contributed by atoms with Gasteiger partial charge in [-0.25, -0.2) is 0 Å². The normalized spacial score (nSPS) is 18.4. The Morgan fingerprint density at radius 1 is 1.32 bits per heavy atom. The van der Waals surface area contributed by atoms with E-state index in [1.54, 1.807) is 17.4 Å². The first-order chi connectivity index (χ1) is 10.7. The predicted molar refractivity (Wildman–Crippen MR) is 92.3 cm³/mol. The Bertz CT molecular complexity index is 577. The van der Waals surface area contributed by atoms with E-state index in [2.05, 4.69) is 40.0 Å². The van der Waals surface area contributed by atoms with Crippen LogP contribution in [0.5, 0.6) is 5.75 Å². The van der Waals surface area contributed by atoms with Crippen LogP contribution >= 0.6 is 11.3 Å². The number of nitrogens with one attached hydrogen (secondary N) is 1. The van der Waals surface area contributed by atoms with Gasteiger partial charge in [-0.1, -0.05) is 12.1 Å². The van der Waals surface area contributed by atoms with Gasteiger partial charge in [0, 0.05) is 18.6 Å². The Hall–Kier alpha value is -1.36. The van der Waals surface area contributed by atoms with Crippen molar-refractivity contribution in [3.63, 3.8) is 0 Å². The van der Waals surface area contributed by atoms with Crippen LogP contribution in [0.2, 0.25) is 0 Å². The van der Waals surface area contributed by atoms with Gasteiger partial charge >= 0.3 is 0 Å². The van der Waals surface area contributed by atoms with Crippen LogP contribution in [0, 0.1) is 0 Å². The zero-order valence-electron chi connectivity index (χ0n) is 13.0. The molecule has 22 heavy (non-hydrogen) atoms. The Kier molecular flexibility index (Phi) is 5.13. The first-order valence-electron chi connectivity index (χ1n) is 7.99. The van der Waals surface area contributed by atoms with Crippen molar-refractivity contribution in [1.82, 2.24) is 10.2 Å². The number of benzene rings is 1. The number of hydrogen-bond acceptors (Lipinski definition) is 4. The van der Waals surface area contributed by atoms with E-state index in [0.717, 1.165) is 25.2 Å². The predicted octanol–water partition coefficient (Wildman–Crippen LogP) is 3.77. The highest BCUT2D eigenvalue weighted by molar-refractivity contribution is 7.07. The van der Waals surface area contributed by atoms with Crippen LogP contribution in [0.15, 0.2) is 41.1 Å². The van der Waals surface area contributed by atoms with Gasteiger partial charge in [0.1, 0.15) is 5.75 Å². The summed E-state index contributed by atoms with van der Waals surface area (Å²) in [4.78, 5) is 2.54. The minimum Gasteiger partial charge on any atom is -0.508 e. The molecular formula is C18H24N2OS.